The number of H-pyrrole nitrogens is 1. The average molecular weight is 305 g/mol. The molecule has 1 amide bonds. The van der Waals surface area contributed by atoms with Gasteiger partial charge in [-0.05, 0) is 25.0 Å². The van der Waals surface area contributed by atoms with Crippen molar-refractivity contribution < 1.29 is 4.79 Å². The molecule has 1 aromatic heterocycles. The van der Waals surface area contributed by atoms with Gasteiger partial charge in [-0.25, -0.2) is 0 Å². The van der Waals surface area contributed by atoms with E-state index < -0.39 is 0 Å². The van der Waals surface area contributed by atoms with Gasteiger partial charge in [0.05, 0.1) is 10.7 Å². The summed E-state index contributed by atoms with van der Waals surface area (Å²) in [4.78, 5) is 14.2. The van der Waals surface area contributed by atoms with Crippen LogP contribution in [0.25, 0.3) is 11.3 Å². The fourth-order valence-corrected chi connectivity index (χ4v) is 2.84. The number of nitrogens with two attached hydrogens (primary N) is 1. The normalized spacial score (nSPS) is 18.8. The third kappa shape index (κ3) is 2.94. The number of likely N-dealkylation sites (tertiary alicyclic amines) is 1. The van der Waals surface area contributed by atoms with E-state index in [1.54, 1.807) is 17.0 Å². The number of benzene rings is 1. The summed E-state index contributed by atoms with van der Waals surface area (Å²) in [6, 6.07) is 9.23. The van der Waals surface area contributed by atoms with Crippen LogP contribution in [0.5, 0.6) is 0 Å². The summed E-state index contributed by atoms with van der Waals surface area (Å²) >= 11 is 6.15. The number of nitrogens with zero attached hydrogens (tertiary/aromatic N) is 2. The van der Waals surface area contributed by atoms with Crippen molar-refractivity contribution in [2.24, 2.45) is 5.73 Å². The predicted molar refractivity (Wildman–Crippen MR) is 82.1 cm³/mol. The maximum Gasteiger partial charge on any atom is 0.271 e. The van der Waals surface area contributed by atoms with Crippen molar-refractivity contribution in [2.75, 3.05) is 13.1 Å². The first-order valence-corrected chi connectivity index (χ1v) is 7.38. The predicted octanol–water partition coefficient (Wildman–Crippen LogP) is 2.29. The molecule has 0 radical (unpaired) electrons. The molecule has 0 bridgehead atoms. The van der Waals surface area contributed by atoms with Gasteiger partial charge >= 0.3 is 0 Å². The number of carbonyl (C=O) groups excluding carboxylic acids is 1. The molecule has 1 fully saturated rings. The molecule has 6 heteroatoms. The number of halogens is 1. The van der Waals surface area contributed by atoms with Crippen LogP contribution in [0.1, 0.15) is 23.3 Å². The highest BCUT2D eigenvalue weighted by atomic mass is 35.5. The number of hydrogen-bond acceptors (Lipinski definition) is 3. The van der Waals surface area contributed by atoms with Gasteiger partial charge < -0.3 is 10.6 Å². The van der Waals surface area contributed by atoms with Crippen molar-refractivity contribution in [2.45, 2.75) is 18.9 Å². The van der Waals surface area contributed by atoms with Crippen molar-refractivity contribution in [3.63, 3.8) is 0 Å². The molecule has 1 aliphatic rings. The van der Waals surface area contributed by atoms with Crippen LogP contribution in [0.3, 0.4) is 0 Å². The molecule has 110 valence electrons. The second-order valence-corrected chi connectivity index (χ2v) is 5.71. The van der Waals surface area contributed by atoms with Crippen molar-refractivity contribution in [3.8, 4) is 11.3 Å². The Labute approximate surface area is 128 Å². The van der Waals surface area contributed by atoms with Crippen LogP contribution in [0.15, 0.2) is 30.3 Å². The fourth-order valence-electron chi connectivity index (χ4n) is 2.60. The summed E-state index contributed by atoms with van der Waals surface area (Å²) in [7, 11) is 0. The smallest absolute Gasteiger partial charge is 0.271 e. The van der Waals surface area contributed by atoms with Crippen molar-refractivity contribution in [1.82, 2.24) is 15.1 Å². The van der Waals surface area contributed by atoms with Crippen LogP contribution in [-0.2, 0) is 0 Å². The first-order valence-electron chi connectivity index (χ1n) is 7.00. The Kier molecular flexibility index (Phi) is 3.94. The third-order valence-electron chi connectivity index (χ3n) is 3.70. The Morgan fingerprint density at radius 1 is 1.43 bits per heavy atom. The highest BCUT2D eigenvalue weighted by Gasteiger charge is 2.24. The lowest BCUT2D eigenvalue weighted by Crippen LogP contribution is -2.45. The molecule has 1 aromatic carbocycles. The van der Waals surface area contributed by atoms with E-state index >= 15 is 0 Å². The Balaban J connectivity index is 1.82. The molecule has 2 heterocycles. The van der Waals surface area contributed by atoms with Crippen LogP contribution in [-0.4, -0.2) is 40.1 Å². The molecule has 21 heavy (non-hydrogen) atoms. The lowest BCUT2D eigenvalue weighted by molar-refractivity contribution is 0.0703. The van der Waals surface area contributed by atoms with Crippen LogP contribution in [0.4, 0.5) is 0 Å². The van der Waals surface area contributed by atoms with Crippen LogP contribution in [0, 0.1) is 0 Å². The van der Waals surface area contributed by atoms with E-state index in [1.807, 2.05) is 18.2 Å². The molecule has 1 unspecified atom stereocenters. The van der Waals surface area contributed by atoms with Gasteiger partial charge in [0, 0.05) is 24.7 Å². The largest absolute Gasteiger partial charge is 0.336 e. The van der Waals surface area contributed by atoms with Crippen LogP contribution < -0.4 is 5.73 Å². The molecule has 1 saturated heterocycles. The van der Waals surface area contributed by atoms with Gasteiger partial charge in [0.2, 0.25) is 0 Å². The maximum atomic E-state index is 12.4. The maximum absolute atomic E-state index is 12.4. The molecule has 3 N–H and O–H groups in total. The second-order valence-electron chi connectivity index (χ2n) is 5.30. The molecule has 0 saturated carbocycles. The lowest BCUT2D eigenvalue weighted by atomic mass is 10.1. The van der Waals surface area contributed by atoms with Gasteiger partial charge in [0.15, 0.2) is 0 Å². The molecule has 0 aliphatic carbocycles. The summed E-state index contributed by atoms with van der Waals surface area (Å²) in [5.74, 6) is -0.0593. The minimum absolute atomic E-state index is 0.0593. The zero-order chi connectivity index (χ0) is 14.8. The van der Waals surface area contributed by atoms with Crippen molar-refractivity contribution in [1.29, 1.82) is 0 Å². The van der Waals surface area contributed by atoms with Crippen LogP contribution in [0.2, 0.25) is 5.02 Å². The highest BCUT2D eigenvalue weighted by molar-refractivity contribution is 6.33. The minimum Gasteiger partial charge on any atom is -0.336 e. The Morgan fingerprint density at radius 3 is 3.00 bits per heavy atom. The van der Waals surface area contributed by atoms with E-state index in [-0.39, 0.29) is 11.9 Å². The summed E-state index contributed by atoms with van der Waals surface area (Å²) < 4.78 is 0. The highest BCUT2D eigenvalue weighted by Crippen LogP contribution is 2.26. The Bertz CT molecular complexity index is 655. The Morgan fingerprint density at radius 2 is 2.24 bits per heavy atom. The van der Waals surface area contributed by atoms with E-state index in [9.17, 15) is 4.79 Å². The number of aromatic amines is 1. The van der Waals surface area contributed by atoms with Gasteiger partial charge in [-0.3, -0.25) is 9.89 Å². The van der Waals surface area contributed by atoms with Gasteiger partial charge in [0.25, 0.3) is 5.91 Å². The molecular weight excluding hydrogens is 288 g/mol. The SMILES string of the molecule is NC1CCCN(C(=O)c2cc(-c3ccccc3Cl)n[nH]2)C1. The van der Waals surface area contributed by atoms with E-state index in [0.29, 0.717) is 23.0 Å². The standard InChI is InChI=1S/C15H17ClN4O/c16-12-6-2-1-5-11(12)13-8-14(19-18-13)15(21)20-7-3-4-10(17)9-20/h1-2,5-6,8,10H,3-4,7,9,17H2,(H,18,19). The van der Waals surface area contributed by atoms with E-state index in [4.69, 9.17) is 17.3 Å². The molecular formula is C15H17ClN4O. The van der Waals surface area contributed by atoms with Gasteiger partial charge in [-0.2, -0.15) is 5.10 Å². The number of nitrogens with one attached hydrogen (secondary N) is 1. The first kappa shape index (κ1) is 14.1. The Hall–Kier alpha value is -1.85. The number of hydrogen-bond donors (Lipinski definition) is 2. The number of rotatable bonds is 2. The van der Waals surface area contributed by atoms with Crippen LogP contribution >= 0.6 is 11.6 Å². The summed E-state index contributed by atoms with van der Waals surface area (Å²) in [5, 5.41) is 7.61. The molecule has 5 nitrogen and oxygen atoms in total. The number of amides is 1. The summed E-state index contributed by atoms with van der Waals surface area (Å²) in [6.45, 7) is 1.34. The zero-order valence-corrected chi connectivity index (χ0v) is 12.3. The van der Waals surface area contributed by atoms with Gasteiger partial charge in [-0.1, -0.05) is 29.8 Å². The molecule has 1 atom stereocenters. The van der Waals surface area contributed by atoms with E-state index in [2.05, 4.69) is 10.2 Å². The van der Waals surface area contributed by atoms with E-state index in [0.717, 1.165) is 24.9 Å². The summed E-state index contributed by atoms with van der Waals surface area (Å²) in [6.07, 6.45) is 1.91. The monoisotopic (exact) mass is 304 g/mol. The van der Waals surface area contributed by atoms with Gasteiger partial charge in [-0.15, -0.1) is 0 Å². The second kappa shape index (κ2) is 5.87. The quantitative estimate of drug-likeness (QED) is 0.894. The number of aromatic nitrogens is 2. The van der Waals surface area contributed by atoms with Crippen molar-refractivity contribution >= 4 is 17.5 Å². The minimum atomic E-state index is -0.0593. The fraction of sp³-hybridized carbons (Fsp3) is 0.333. The average Bonchev–Trinajstić information content (AvgIpc) is 2.96. The molecule has 3 rings (SSSR count). The topological polar surface area (TPSA) is 75.0 Å². The molecule has 0 spiro atoms. The number of piperidine rings is 1. The molecule has 1 aliphatic heterocycles. The summed E-state index contributed by atoms with van der Waals surface area (Å²) in [5.41, 5.74) is 7.87. The zero-order valence-electron chi connectivity index (χ0n) is 11.6. The van der Waals surface area contributed by atoms with E-state index in [1.165, 1.54) is 0 Å². The lowest BCUT2D eigenvalue weighted by Gasteiger charge is -2.30. The van der Waals surface area contributed by atoms with Crippen molar-refractivity contribution in [3.05, 3.63) is 41.0 Å². The molecule has 2 aromatic rings. The first-order chi connectivity index (χ1) is 10.1. The number of carbonyl (C=O) groups is 1. The third-order valence-corrected chi connectivity index (χ3v) is 4.03. The van der Waals surface area contributed by atoms with Gasteiger partial charge in [0.1, 0.15) is 5.69 Å².